The molecule has 0 radical (unpaired) electrons. The summed E-state index contributed by atoms with van der Waals surface area (Å²) in [5.74, 6) is 0.914. The molecule has 2 heteroatoms. The summed E-state index contributed by atoms with van der Waals surface area (Å²) in [5, 5.41) is 0. The van der Waals surface area contributed by atoms with E-state index in [1.807, 2.05) is 13.0 Å². The molecule has 1 rings (SSSR count). The SMILES string of the molecule is [C-]#[N+]c1ncc(C)cc1C(C)C. The zero-order valence-corrected chi connectivity index (χ0v) is 7.63. The average molecular weight is 160 g/mol. The zero-order chi connectivity index (χ0) is 9.14. The summed E-state index contributed by atoms with van der Waals surface area (Å²) in [6, 6.07) is 2.03. The molecule has 0 atom stereocenters. The van der Waals surface area contributed by atoms with Gasteiger partial charge in [0.1, 0.15) is 6.20 Å². The topological polar surface area (TPSA) is 17.2 Å². The minimum atomic E-state index is 0.376. The molecule has 0 fully saturated rings. The number of hydrogen-bond donors (Lipinski definition) is 0. The number of rotatable bonds is 1. The molecule has 1 heterocycles. The van der Waals surface area contributed by atoms with E-state index in [0.717, 1.165) is 11.1 Å². The van der Waals surface area contributed by atoms with Crippen molar-refractivity contribution in [3.05, 3.63) is 34.8 Å². The smallest absolute Gasteiger partial charge is 0.272 e. The molecule has 12 heavy (non-hydrogen) atoms. The van der Waals surface area contributed by atoms with Crippen LogP contribution in [0.15, 0.2) is 12.3 Å². The largest absolute Gasteiger partial charge is 0.360 e. The van der Waals surface area contributed by atoms with Crippen LogP contribution in [-0.4, -0.2) is 4.98 Å². The van der Waals surface area contributed by atoms with Crippen molar-refractivity contribution in [2.75, 3.05) is 0 Å². The molecule has 0 saturated heterocycles. The summed E-state index contributed by atoms with van der Waals surface area (Å²) in [6.45, 7) is 13.1. The minimum Gasteiger partial charge on any atom is -0.360 e. The Bertz CT molecular complexity index is 321. The number of hydrogen-bond acceptors (Lipinski definition) is 1. The van der Waals surface area contributed by atoms with Crippen molar-refractivity contribution in [2.24, 2.45) is 0 Å². The molecule has 0 aliphatic carbocycles. The molecule has 0 unspecified atom stereocenters. The van der Waals surface area contributed by atoms with Gasteiger partial charge in [-0.25, -0.2) is 0 Å². The van der Waals surface area contributed by atoms with Crippen molar-refractivity contribution >= 4 is 5.82 Å². The van der Waals surface area contributed by atoms with Crippen LogP contribution in [0.1, 0.15) is 30.9 Å². The van der Waals surface area contributed by atoms with Gasteiger partial charge in [0.05, 0.1) is 0 Å². The summed E-state index contributed by atoms with van der Waals surface area (Å²) in [5.41, 5.74) is 2.16. The van der Waals surface area contributed by atoms with E-state index >= 15 is 0 Å². The lowest BCUT2D eigenvalue weighted by Crippen LogP contribution is -1.90. The molecule has 1 aromatic heterocycles. The van der Waals surface area contributed by atoms with Gasteiger partial charge in [0.2, 0.25) is 0 Å². The lowest BCUT2D eigenvalue weighted by molar-refractivity contribution is 0.862. The van der Waals surface area contributed by atoms with Gasteiger partial charge in [0.25, 0.3) is 5.82 Å². The molecule has 0 aromatic carbocycles. The molecular formula is C10H12N2. The number of aromatic nitrogens is 1. The standard InChI is InChI=1S/C10H12N2/c1-7(2)9-5-8(3)6-12-10(9)11-4/h5-7H,1-3H3. The molecule has 62 valence electrons. The molecule has 0 saturated carbocycles. The summed E-state index contributed by atoms with van der Waals surface area (Å²) < 4.78 is 0. The highest BCUT2D eigenvalue weighted by Gasteiger charge is 2.07. The summed E-state index contributed by atoms with van der Waals surface area (Å²) >= 11 is 0. The fourth-order valence-electron chi connectivity index (χ4n) is 1.10. The Hall–Kier alpha value is -1.36. The van der Waals surface area contributed by atoms with Crippen LogP contribution in [0.5, 0.6) is 0 Å². The number of pyridine rings is 1. The maximum atomic E-state index is 6.91. The summed E-state index contributed by atoms with van der Waals surface area (Å²) in [7, 11) is 0. The first-order valence-electron chi connectivity index (χ1n) is 3.99. The Kier molecular flexibility index (Phi) is 2.44. The van der Waals surface area contributed by atoms with Crippen molar-refractivity contribution in [2.45, 2.75) is 26.7 Å². The Labute approximate surface area is 73.1 Å². The fraction of sp³-hybridized carbons (Fsp3) is 0.400. The molecule has 0 aliphatic heterocycles. The van der Waals surface area contributed by atoms with E-state index in [2.05, 4.69) is 23.7 Å². The Morgan fingerprint density at radius 2 is 2.17 bits per heavy atom. The van der Waals surface area contributed by atoms with Crippen LogP contribution < -0.4 is 0 Å². The molecule has 0 bridgehead atoms. The van der Waals surface area contributed by atoms with Crippen molar-refractivity contribution < 1.29 is 0 Å². The van der Waals surface area contributed by atoms with E-state index in [1.54, 1.807) is 6.20 Å². The Balaban J connectivity index is 3.24. The van der Waals surface area contributed by atoms with Gasteiger partial charge in [0, 0.05) is 0 Å². The van der Waals surface area contributed by atoms with E-state index in [1.165, 1.54) is 0 Å². The second-order valence-electron chi connectivity index (χ2n) is 3.19. The highest BCUT2D eigenvalue weighted by molar-refractivity contribution is 5.47. The monoisotopic (exact) mass is 160 g/mol. The predicted molar refractivity (Wildman–Crippen MR) is 49.3 cm³/mol. The van der Waals surface area contributed by atoms with Gasteiger partial charge in [-0.3, -0.25) is 0 Å². The van der Waals surface area contributed by atoms with Gasteiger partial charge < -0.3 is 4.85 Å². The normalized spacial score (nSPS) is 9.92. The lowest BCUT2D eigenvalue weighted by Gasteiger charge is -2.06. The quantitative estimate of drug-likeness (QED) is 0.577. The van der Waals surface area contributed by atoms with Crippen molar-refractivity contribution in [3.8, 4) is 0 Å². The first-order valence-corrected chi connectivity index (χ1v) is 3.99. The lowest BCUT2D eigenvalue weighted by atomic mass is 10.0. The van der Waals surface area contributed by atoms with Crippen molar-refractivity contribution in [1.82, 2.24) is 4.98 Å². The summed E-state index contributed by atoms with van der Waals surface area (Å²) in [6.07, 6.45) is 1.74. The van der Waals surface area contributed by atoms with Crippen LogP contribution in [-0.2, 0) is 0 Å². The van der Waals surface area contributed by atoms with Gasteiger partial charge in [-0.15, -0.1) is 4.98 Å². The Morgan fingerprint density at radius 1 is 1.50 bits per heavy atom. The molecule has 0 N–H and O–H groups in total. The van der Waals surface area contributed by atoms with Crippen molar-refractivity contribution in [3.63, 3.8) is 0 Å². The highest BCUT2D eigenvalue weighted by atomic mass is 14.9. The Morgan fingerprint density at radius 3 is 2.67 bits per heavy atom. The molecule has 2 nitrogen and oxygen atoms in total. The second-order valence-corrected chi connectivity index (χ2v) is 3.19. The highest BCUT2D eigenvalue weighted by Crippen LogP contribution is 2.24. The number of aryl methyl sites for hydroxylation is 1. The van der Waals surface area contributed by atoms with Crippen molar-refractivity contribution in [1.29, 1.82) is 0 Å². The molecule has 0 aliphatic rings. The van der Waals surface area contributed by atoms with Gasteiger partial charge in [-0.05, 0) is 24.0 Å². The van der Waals surface area contributed by atoms with E-state index in [4.69, 9.17) is 6.57 Å². The van der Waals surface area contributed by atoms with E-state index in [0.29, 0.717) is 11.7 Å². The van der Waals surface area contributed by atoms with E-state index in [9.17, 15) is 0 Å². The van der Waals surface area contributed by atoms with Gasteiger partial charge >= 0.3 is 0 Å². The van der Waals surface area contributed by atoms with E-state index in [-0.39, 0.29) is 0 Å². The third-order valence-corrected chi connectivity index (χ3v) is 1.76. The van der Waals surface area contributed by atoms with Crippen LogP contribution >= 0.6 is 0 Å². The summed E-state index contributed by atoms with van der Waals surface area (Å²) in [4.78, 5) is 7.44. The average Bonchev–Trinajstić information content (AvgIpc) is 2.04. The molecule has 0 spiro atoms. The van der Waals surface area contributed by atoms with Crippen LogP contribution in [0.2, 0.25) is 0 Å². The van der Waals surface area contributed by atoms with Gasteiger partial charge in [-0.1, -0.05) is 26.5 Å². The molecule has 1 aromatic rings. The van der Waals surface area contributed by atoms with Crippen LogP contribution in [0.4, 0.5) is 5.82 Å². The fourth-order valence-corrected chi connectivity index (χ4v) is 1.10. The van der Waals surface area contributed by atoms with Crippen LogP contribution in [0.3, 0.4) is 0 Å². The first-order chi connectivity index (χ1) is 5.65. The predicted octanol–water partition coefficient (Wildman–Crippen LogP) is 3.06. The molecule has 0 amide bonds. The van der Waals surface area contributed by atoms with Crippen LogP contribution in [0, 0.1) is 13.5 Å². The second kappa shape index (κ2) is 3.36. The zero-order valence-electron chi connectivity index (χ0n) is 7.63. The first kappa shape index (κ1) is 8.73. The maximum absolute atomic E-state index is 6.91. The van der Waals surface area contributed by atoms with E-state index < -0.39 is 0 Å². The third-order valence-electron chi connectivity index (χ3n) is 1.76. The number of nitrogens with zero attached hydrogens (tertiary/aromatic N) is 2. The van der Waals surface area contributed by atoms with Crippen LogP contribution in [0.25, 0.3) is 4.85 Å². The third kappa shape index (κ3) is 1.62. The van der Waals surface area contributed by atoms with Gasteiger partial charge in [-0.2, -0.15) is 0 Å². The molecular weight excluding hydrogens is 148 g/mol. The maximum Gasteiger partial charge on any atom is 0.272 e. The van der Waals surface area contributed by atoms with Gasteiger partial charge in [0.15, 0.2) is 0 Å². The minimum absolute atomic E-state index is 0.376.